The smallest absolute Gasteiger partial charge is 0.165 e. The van der Waals surface area contributed by atoms with Crippen molar-refractivity contribution in [3.8, 4) is 11.5 Å². The van der Waals surface area contributed by atoms with E-state index in [0.717, 1.165) is 17.9 Å². The molecule has 4 rings (SSSR count). The van der Waals surface area contributed by atoms with Crippen molar-refractivity contribution in [2.24, 2.45) is 5.92 Å². The third-order valence-electron chi connectivity index (χ3n) is 5.94. The molecule has 1 N–H and O–H groups in total. The highest BCUT2D eigenvalue weighted by molar-refractivity contribution is 5.60. The Labute approximate surface area is 120 Å². The third-order valence-corrected chi connectivity index (χ3v) is 5.94. The molecule has 1 aliphatic heterocycles. The molecule has 2 aliphatic carbocycles. The minimum Gasteiger partial charge on any atom is -0.493 e. The van der Waals surface area contributed by atoms with Crippen molar-refractivity contribution in [1.29, 1.82) is 0 Å². The van der Waals surface area contributed by atoms with Gasteiger partial charge in [-0.25, -0.2) is 0 Å². The summed E-state index contributed by atoms with van der Waals surface area (Å²) in [4.78, 5) is 0. The van der Waals surface area contributed by atoms with E-state index in [4.69, 9.17) is 9.47 Å². The Morgan fingerprint density at radius 1 is 1.35 bits per heavy atom. The minimum absolute atomic E-state index is 0.156. The Morgan fingerprint density at radius 3 is 2.95 bits per heavy atom. The molecule has 0 radical (unpaired) electrons. The lowest BCUT2D eigenvalue weighted by atomic mass is 9.56. The first-order valence-electron chi connectivity index (χ1n) is 7.74. The van der Waals surface area contributed by atoms with E-state index in [1.807, 2.05) is 0 Å². The largest absolute Gasteiger partial charge is 0.493 e. The van der Waals surface area contributed by atoms with Gasteiger partial charge in [0.2, 0.25) is 0 Å². The van der Waals surface area contributed by atoms with E-state index in [-0.39, 0.29) is 5.41 Å². The standard InChI is InChI=1S/C17H23NO2/c1-17-11-5-4-6-14(17)20-16-13(19-3)8-7-10(15(16)17)9-12(11)18-2/h7-8,11-12,14,18H,4-6,9H2,1-3H3/t11-,12?,14?,17+/m1/s1. The van der Waals surface area contributed by atoms with Crippen LogP contribution in [0.25, 0.3) is 0 Å². The van der Waals surface area contributed by atoms with E-state index in [2.05, 4.69) is 31.4 Å². The average Bonchev–Trinajstić information content (AvgIpc) is 2.78. The zero-order valence-corrected chi connectivity index (χ0v) is 12.5. The summed E-state index contributed by atoms with van der Waals surface area (Å²) >= 11 is 0. The number of benzene rings is 1. The summed E-state index contributed by atoms with van der Waals surface area (Å²) in [7, 11) is 3.84. The lowest BCUT2D eigenvalue weighted by molar-refractivity contribution is 0.0410. The van der Waals surface area contributed by atoms with Crippen molar-refractivity contribution in [1.82, 2.24) is 5.32 Å². The van der Waals surface area contributed by atoms with Gasteiger partial charge < -0.3 is 14.8 Å². The highest BCUT2D eigenvalue weighted by Gasteiger charge is 2.58. The van der Waals surface area contributed by atoms with Crippen LogP contribution in [0.1, 0.15) is 37.3 Å². The second-order valence-electron chi connectivity index (χ2n) is 6.66. The molecule has 3 aliphatic rings. The molecule has 1 saturated carbocycles. The van der Waals surface area contributed by atoms with Gasteiger partial charge >= 0.3 is 0 Å². The molecule has 1 aromatic rings. The molecule has 1 heterocycles. The molecular weight excluding hydrogens is 250 g/mol. The molecule has 3 nitrogen and oxygen atoms in total. The van der Waals surface area contributed by atoms with Crippen LogP contribution in [0.4, 0.5) is 0 Å². The van der Waals surface area contributed by atoms with Gasteiger partial charge in [-0.2, -0.15) is 0 Å². The normalized spacial score (nSPS) is 37.2. The molecular formula is C17H23NO2. The van der Waals surface area contributed by atoms with Gasteiger partial charge in [-0.3, -0.25) is 0 Å². The zero-order valence-electron chi connectivity index (χ0n) is 12.5. The fourth-order valence-electron chi connectivity index (χ4n) is 4.98. The molecule has 0 spiro atoms. The van der Waals surface area contributed by atoms with Crippen LogP contribution in [0, 0.1) is 5.92 Å². The summed E-state index contributed by atoms with van der Waals surface area (Å²) in [6.07, 6.45) is 5.18. The van der Waals surface area contributed by atoms with Gasteiger partial charge in [0.1, 0.15) is 6.10 Å². The summed E-state index contributed by atoms with van der Waals surface area (Å²) in [6, 6.07) is 4.88. The molecule has 3 heteroatoms. The molecule has 0 bridgehead atoms. The fourth-order valence-corrected chi connectivity index (χ4v) is 4.98. The number of nitrogens with one attached hydrogen (secondary N) is 1. The monoisotopic (exact) mass is 273 g/mol. The van der Waals surface area contributed by atoms with Crippen LogP contribution < -0.4 is 14.8 Å². The van der Waals surface area contributed by atoms with Crippen molar-refractivity contribution < 1.29 is 9.47 Å². The maximum absolute atomic E-state index is 6.37. The quantitative estimate of drug-likeness (QED) is 0.898. The van der Waals surface area contributed by atoms with Crippen LogP contribution >= 0.6 is 0 Å². The Kier molecular flexibility index (Phi) is 2.59. The van der Waals surface area contributed by atoms with Gasteiger partial charge in [0.05, 0.1) is 7.11 Å². The Morgan fingerprint density at radius 2 is 2.20 bits per heavy atom. The van der Waals surface area contributed by atoms with Gasteiger partial charge in [0, 0.05) is 17.0 Å². The number of hydrogen-bond acceptors (Lipinski definition) is 3. The second-order valence-corrected chi connectivity index (χ2v) is 6.66. The van der Waals surface area contributed by atoms with Crippen LogP contribution in [0.2, 0.25) is 0 Å². The van der Waals surface area contributed by atoms with Crippen LogP contribution in [0.3, 0.4) is 0 Å². The van der Waals surface area contributed by atoms with Crippen molar-refractivity contribution in [2.75, 3.05) is 14.2 Å². The summed E-state index contributed by atoms with van der Waals surface area (Å²) in [6.45, 7) is 2.42. The predicted molar refractivity (Wildman–Crippen MR) is 78.7 cm³/mol. The van der Waals surface area contributed by atoms with E-state index < -0.39 is 0 Å². The molecule has 0 amide bonds. The van der Waals surface area contributed by atoms with E-state index in [1.165, 1.54) is 30.4 Å². The van der Waals surface area contributed by atoms with Crippen molar-refractivity contribution in [3.63, 3.8) is 0 Å². The molecule has 1 fully saturated rings. The van der Waals surface area contributed by atoms with Gasteiger partial charge in [-0.05, 0) is 50.3 Å². The number of likely N-dealkylation sites (N-methyl/N-ethyl adjacent to an activating group) is 1. The van der Waals surface area contributed by atoms with Crippen LogP contribution in [0.5, 0.6) is 11.5 Å². The molecule has 1 aromatic carbocycles. The Hall–Kier alpha value is -1.22. The van der Waals surface area contributed by atoms with E-state index in [1.54, 1.807) is 7.11 Å². The lowest BCUT2D eigenvalue weighted by Crippen LogP contribution is -2.56. The molecule has 0 aromatic heterocycles. The summed E-state index contributed by atoms with van der Waals surface area (Å²) < 4.78 is 11.9. The number of rotatable bonds is 2. The zero-order chi connectivity index (χ0) is 13.9. The molecule has 2 unspecified atom stereocenters. The van der Waals surface area contributed by atoms with Gasteiger partial charge in [-0.1, -0.05) is 13.0 Å². The van der Waals surface area contributed by atoms with Crippen LogP contribution in [-0.4, -0.2) is 26.3 Å². The highest BCUT2D eigenvalue weighted by Crippen LogP contribution is 2.59. The van der Waals surface area contributed by atoms with E-state index >= 15 is 0 Å². The Balaban J connectivity index is 1.95. The van der Waals surface area contributed by atoms with E-state index in [9.17, 15) is 0 Å². The first-order chi connectivity index (χ1) is 9.70. The fraction of sp³-hybridized carbons (Fsp3) is 0.647. The topological polar surface area (TPSA) is 30.5 Å². The lowest BCUT2D eigenvalue weighted by Gasteiger charge is -2.49. The van der Waals surface area contributed by atoms with Crippen molar-refractivity contribution in [3.05, 3.63) is 23.3 Å². The maximum Gasteiger partial charge on any atom is 0.165 e. The minimum atomic E-state index is 0.156. The summed E-state index contributed by atoms with van der Waals surface area (Å²) in [5.74, 6) is 2.60. The van der Waals surface area contributed by atoms with Gasteiger partial charge in [0.15, 0.2) is 11.5 Å². The van der Waals surface area contributed by atoms with Crippen LogP contribution in [0.15, 0.2) is 12.1 Å². The second kappa shape index (κ2) is 4.14. The van der Waals surface area contributed by atoms with E-state index in [0.29, 0.717) is 18.1 Å². The SMILES string of the molecule is CNC1Cc2ccc(OC)c3c2[C@]2(C)C(CCC[C@H]12)O3. The molecule has 0 saturated heterocycles. The predicted octanol–water partition coefficient (Wildman–Crippen LogP) is 2.66. The van der Waals surface area contributed by atoms with Gasteiger partial charge in [-0.15, -0.1) is 0 Å². The Bertz CT molecular complexity index is 556. The number of methoxy groups -OCH3 is 1. The molecule has 108 valence electrons. The summed E-state index contributed by atoms with van der Waals surface area (Å²) in [5.41, 5.74) is 3.05. The van der Waals surface area contributed by atoms with Crippen molar-refractivity contribution in [2.45, 2.75) is 50.2 Å². The number of ether oxygens (including phenoxy) is 2. The van der Waals surface area contributed by atoms with Crippen LogP contribution in [-0.2, 0) is 11.8 Å². The van der Waals surface area contributed by atoms with Crippen molar-refractivity contribution >= 4 is 0 Å². The highest BCUT2D eigenvalue weighted by atomic mass is 16.5. The van der Waals surface area contributed by atoms with Gasteiger partial charge in [0.25, 0.3) is 0 Å². The first-order valence-corrected chi connectivity index (χ1v) is 7.74. The molecule has 4 atom stereocenters. The summed E-state index contributed by atoms with van der Waals surface area (Å²) in [5, 5.41) is 3.55. The third kappa shape index (κ3) is 1.34. The number of hydrogen-bond donors (Lipinski definition) is 1. The maximum atomic E-state index is 6.37. The average molecular weight is 273 g/mol. The molecule has 20 heavy (non-hydrogen) atoms. The first kappa shape index (κ1) is 12.5.